The summed E-state index contributed by atoms with van der Waals surface area (Å²) in [6.07, 6.45) is 2.72. The minimum atomic E-state index is -0.618. The van der Waals surface area contributed by atoms with Crippen molar-refractivity contribution in [1.29, 1.82) is 0 Å². The molecule has 1 aromatic carbocycles. The van der Waals surface area contributed by atoms with Crippen molar-refractivity contribution in [1.82, 2.24) is 9.47 Å². The molecule has 0 saturated heterocycles. The van der Waals surface area contributed by atoms with Gasteiger partial charge in [-0.1, -0.05) is 18.6 Å². The Morgan fingerprint density at radius 2 is 1.72 bits per heavy atom. The van der Waals surface area contributed by atoms with Gasteiger partial charge in [0.1, 0.15) is 11.2 Å². The number of rotatable bonds is 5. The van der Waals surface area contributed by atoms with Crippen molar-refractivity contribution < 1.29 is 19.1 Å². The second-order valence-electron chi connectivity index (χ2n) is 10.7. The highest BCUT2D eigenvalue weighted by Gasteiger charge is 2.28. The van der Waals surface area contributed by atoms with Crippen LogP contribution in [-0.4, -0.2) is 39.4 Å². The monoisotopic (exact) mass is 443 g/mol. The average Bonchev–Trinajstić information content (AvgIpc) is 2.98. The van der Waals surface area contributed by atoms with Crippen molar-refractivity contribution >= 4 is 23.1 Å². The molecule has 1 aliphatic carbocycles. The van der Waals surface area contributed by atoms with Crippen molar-refractivity contribution in [3.8, 4) is 0 Å². The summed E-state index contributed by atoms with van der Waals surface area (Å²) in [5.74, 6) is 0.515. The molecule has 1 aromatic heterocycles. The summed E-state index contributed by atoms with van der Waals surface area (Å²) in [5, 5.41) is 0.905. The fourth-order valence-electron chi connectivity index (χ4n) is 3.81. The van der Waals surface area contributed by atoms with Crippen molar-refractivity contribution in [3.05, 3.63) is 35.5 Å². The summed E-state index contributed by atoms with van der Waals surface area (Å²) >= 11 is 0. The van der Waals surface area contributed by atoms with Gasteiger partial charge in [-0.2, -0.15) is 0 Å². The normalized spacial score (nSPS) is 14.8. The first-order valence-corrected chi connectivity index (χ1v) is 11.4. The second-order valence-corrected chi connectivity index (χ2v) is 10.7. The van der Waals surface area contributed by atoms with E-state index >= 15 is 0 Å². The largest absolute Gasteiger partial charge is 0.444 e. The van der Waals surface area contributed by atoms with Crippen LogP contribution in [0.3, 0.4) is 0 Å². The SMILES string of the molecule is CC(C)(C)OC(=O)N(Cc1ccc2cc(CN)n(C(=O)OC(C)(C)C)c2c1)CC1CCC1. The fraction of sp³-hybridized carbons (Fsp3) is 0.600. The third-order valence-electron chi connectivity index (χ3n) is 5.46. The maximum absolute atomic E-state index is 12.9. The first kappa shape index (κ1) is 24.1. The molecule has 1 aliphatic rings. The molecule has 2 N–H and O–H groups in total. The van der Waals surface area contributed by atoms with Gasteiger partial charge in [0.15, 0.2) is 0 Å². The molecule has 0 unspecified atom stereocenters. The lowest BCUT2D eigenvalue weighted by Crippen LogP contribution is -2.40. The number of ether oxygens (including phenoxy) is 2. The van der Waals surface area contributed by atoms with E-state index in [1.54, 1.807) is 4.90 Å². The minimum absolute atomic E-state index is 0.217. The molecule has 32 heavy (non-hydrogen) atoms. The molecule has 3 rings (SSSR count). The number of fused-ring (bicyclic) bond motifs is 1. The number of aromatic nitrogens is 1. The molecule has 176 valence electrons. The van der Waals surface area contributed by atoms with Gasteiger partial charge in [-0.15, -0.1) is 0 Å². The van der Waals surface area contributed by atoms with Gasteiger partial charge in [0.2, 0.25) is 0 Å². The maximum atomic E-state index is 12.9. The number of nitrogens with two attached hydrogens (primary N) is 1. The Bertz CT molecular complexity index is 977. The zero-order valence-electron chi connectivity index (χ0n) is 20.2. The van der Waals surface area contributed by atoms with Crippen LogP contribution in [0, 0.1) is 5.92 Å². The number of amides is 1. The first-order chi connectivity index (χ1) is 14.9. The summed E-state index contributed by atoms with van der Waals surface area (Å²) in [5.41, 5.74) is 7.08. The molecule has 0 radical (unpaired) electrons. The third-order valence-corrected chi connectivity index (χ3v) is 5.46. The summed E-state index contributed by atoms with van der Waals surface area (Å²) in [4.78, 5) is 27.6. The molecule has 0 bridgehead atoms. The summed E-state index contributed by atoms with van der Waals surface area (Å²) in [7, 11) is 0. The van der Waals surface area contributed by atoms with Gasteiger partial charge in [-0.05, 0) is 78.0 Å². The van der Waals surface area contributed by atoms with Crippen molar-refractivity contribution in [2.45, 2.75) is 85.1 Å². The van der Waals surface area contributed by atoms with Gasteiger partial charge in [0.25, 0.3) is 0 Å². The number of hydrogen-bond donors (Lipinski definition) is 1. The molecule has 7 heteroatoms. The van der Waals surface area contributed by atoms with Gasteiger partial charge in [0.05, 0.1) is 5.52 Å². The van der Waals surface area contributed by atoms with Crippen LogP contribution in [0.5, 0.6) is 0 Å². The van der Waals surface area contributed by atoms with Crippen molar-refractivity contribution in [2.75, 3.05) is 6.54 Å². The van der Waals surface area contributed by atoms with E-state index in [9.17, 15) is 9.59 Å². The molecule has 1 saturated carbocycles. The van der Waals surface area contributed by atoms with Gasteiger partial charge in [-0.25, -0.2) is 14.2 Å². The van der Waals surface area contributed by atoms with Crippen molar-refractivity contribution in [3.63, 3.8) is 0 Å². The number of hydrogen-bond acceptors (Lipinski definition) is 5. The van der Waals surface area contributed by atoms with E-state index in [2.05, 4.69) is 0 Å². The van der Waals surface area contributed by atoms with Crippen LogP contribution in [0.25, 0.3) is 10.9 Å². The Morgan fingerprint density at radius 1 is 1.06 bits per heavy atom. The number of carbonyl (C=O) groups excluding carboxylic acids is 2. The minimum Gasteiger partial charge on any atom is -0.444 e. The van der Waals surface area contributed by atoms with Crippen molar-refractivity contribution in [2.24, 2.45) is 11.7 Å². The predicted octanol–water partition coefficient (Wildman–Crippen LogP) is 5.42. The first-order valence-electron chi connectivity index (χ1n) is 11.4. The molecule has 1 amide bonds. The van der Waals surface area contributed by atoms with E-state index in [0.29, 0.717) is 24.7 Å². The molecular formula is C25H37N3O4. The molecule has 7 nitrogen and oxygen atoms in total. The summed E-state index contributed by atoms with van der Waals surface area (Å²) < 4.78 is 12.8. The van der Waals surface area contributed by atoms with Crippen LogP contribution in [0.2, 0.25) is 0 Å². The topological polar surface area (TPSA) is 86.8 Å². The molecule has 1 heterocycles. The third kappa shape index (κ3) is 6.03. The molecule has 0 aliphatic heterocycles. The molecule has 0 spiro atoms. The van der Waals surface area contributed by atoms with Crippen LogP contribution in [0.15, 0.2) is 24.3 Å². The maximum Gasteiger partial charge on any atom is 0.419 e. The Hall–Kier alpha value is -2.54. The zero-order valence-corrected chi connectivity index (χ0v) is 20.2. The van der Waals surface area contributed by atoms with Gasteiger partial charge in [-0.3, -0.25) is 0 Å². The van der Waals surface area contributed by atoms with Gasteiger partial charge >= 0.3 is 12.2 Å². The van der Waals surface area contributed by atoms with E-state index in [-0.39, 0.29) is 12.6 Å². The smallest absolute Gasteiger partial charge is 0.419 e. The highest BCUT2D eigenvalue weighted by Crippen LogP contribution is 2.29. The Kier molecular flexibility index (Phi) is 6.89. The van der Waals surface area contributed by atoms with Crippen LogP contribution in [-0.2, 0) is 22.6 Å². The lowest BCUT2D eigenvalue weighted by atomic mass is 9.85. The van der Waals surface area contributed by atoms with E-state index in [0.717, 1.165) is 29.3 Å². The molecular weight excluding hydrogens is 406 g/mol. The van der Waals surface area contributed by atoms with Gasteiger partial charge in [0, 0.05) is 30.7 Å². The van der Waals surface area contributed by atoms with E-state index < -0.39 is 17.3 Å². The quantitative estimate of drug-likeness (QED) is 0.667. The Balaban J connectivity index is 1.91. The average molecular weight is 444 g/mol. The zero-order chi connectivity index (χ0) is 23.7. The van der Waals surface area contributed by atoms with E-state index in [4.69, 9.17) is 15.2 Å². The van der Waals surface area contributed by atoms with E-state index in [1.807, 2.05) is 65.8 Å². The fourth-order valence-corrected chi connectivity index (χ4v) is 3.81. The molecule has 2 aromatic rings. The number of benzene rings is 1. The summed E-state index contributed by atoms with van der Waals surface area (Å²) in [6.45, 7) is 12.4. The Labute approximate surface area is 190 Å². The van der Waals surface area contributed by atoms with E-state index in [1.165, 1.54) is 11.0 Å². The predicted molar refractivity (Wildman–Crippen MR) is 125 cm³/mol. The highest BCUT2D eigenvalue weighted by atomic mass is 16.6. The second kappa shape index (κ2) is 9.14. The van der Waals surface area contributed by atoms with Crippen LogP contribution >= 0.6 is 0 Å². The van der Waals surface area contributed by atoms with Crippen LogP contribution < -0.4 is 5.73 Å². The standard InChI is InChI=1S/C25H37N3O4/c1-24(2,3)31-22(29)27(15-17-8-7-9-17)16-18-10-11-19-13-20(14-26)28(21(19)12-18)23(30)32-25(4,5)6/h10-13,17H,7-9,14-16,26H2,1-6H3. The molecule has 1 fully saturated rings. The number of carbonyl (C=O) groups is 2. The Morgan fingerprint density at radius 3 is 2.25 bits per heavy atom. The molecule has 0 atom stereocenters. The number of nitrogens with zero attached hydrogens (tertiary/aromatic N) is 2. The van der Waals surface area contributed by atoms with Gasteiger partial charge < -0.3 is 20.1 Å². The highest BCUT2D eigenvalue weighted by molar-refractivity contribution is 5.91. The lowest BCUT2D eigenvalue weighted by molar-refractivity contribution is 0.0172. The van der Waals surface area contributed by atoms with Crippen LogP contribution in [0.4, 0.5) is 9.59 Å². The summed E-state index contributed by atoms with van der Waals surface area (Å²) in [6, 6.07) is 7.79. The lowest BCUT2D eigenvalue weighted by Gasteiger charge is -2.33. The van der Waals surface area contributed by atoms with Crippen LogP contribution in [0.1, 0.15) is 72.1 Å².